The van der Waals surface area contributed by atoms with Gasteiger partial charge in [-0.2, -0.15) is 5.10 Å². The second-order valence-corrected chi connectivity index (χ2v) is 8.75. The molecule has 0 amide bonds. The Morgan fingerprint density at radius 1 is 1.27 bits per heavy atom. The van der Waals surface area contributed by atoms with Crippen molar-refractivity contribution in [1.29, 1.82) is 0 Å². The Balaban J connectivity index is 1.54. The Labute approximate surface area is 154 Å². The maximum atomic E-state index is 13.7. The topological polar surface area (TPSA) is 55.7 Å². The highest BCUT2D eigenvalue weighted by Crippen LogP contribution is 2.66. The zero-order chi connectivity index (χ0) is 18.7. The summed E-state index contributed by atoms with van der Waals surface area (Å²) in [5.41, 5.74) is 1.89. The third-order valence-electron chi connectivity index (χ3n) is 6.34. The van der Waals surface area contributed by atoms with E-state index in [0.717, 1.165) is 48.1 Å². The molecule has 1 heterocycles. The molecule has 0 aliphatic heterocycles. The predicted octanol–water partition coefficient (Wildman–Crippen LogP) is 4.30. The summed E-state index contributed by atoms with van der Waals surface area (Å²) in [6.07, 6.45) is 2.17. The standard InChI is InChI=1S/C19H19F2N3OS/c1-18(2)12-6-7-19(18,3)16-15(12)23-24-17(22-16)26-9-14(25)11-5-4-10(20)8-13(11)21/h4-5,8,12H,6-7,9H2,1-3H3/t12-,19-/m1/s1. The lowest BCUT2D eigenvalue weighted by molar-refractivity contribution is 0.101. The number of carbonyl (C=O) groups excluding carboxylic acids is 1. The van der Waals surface area contributed by atoms with Crippen molar-refractivity contribution in [3.05, 3.63) is 46.8 Å². The second-order valence-electron chi connectivity index (χ2n) is 7.81. The number of thioether (sulfide) groups is 1. The fourth-order valence-corrected chi connectivity index (χ4v) is 5.02. The van der Waals surface area contributed by atoms with Gasteiger partial charge in [-0.1, -0.05) is 32.5 Å². The molecular formula is C19H19F2N3OS. The average Bonchev–Trinajstić information content (AvgIpc) is 2.92. The van der Waals surface area contributed by atoms with Crippen LogP contribution in [0.4, 0.5) is 8.78 Å². The summed E-state index contributed by atoms with van der Waals surface area (Å²) < 4.78 is 26.7. The van der Waals surface area contributed by atoms with E-state index >= 15 is 0 Å². The van der Waals surface area contributed by atoms with Crippen molar-refractivity contribution in [3.8, 4) is 0 Å². The maximum absolute atomic E-state index is 13.7. The van der Waals surface area contributed by atoms with Gasteiger partial charge in [0, 0.05) is 17.4 Å². The smallest absolute Gasteiger partial charge is 0.209 e. The minimum absolute atomic E-state index is 0.0213. The largest absolute Gasteiger partial charge is 0.293 e. The van der Waals surface area contributed by atoms with Crippen molar-refractivity contribution < 1.29 is 13.6 Å². The number of halogens is 2. The number of rotatable bonds is 4. The minimum atomic E-state index is -0.852. The van der Waals surface area contributed by atoms with Gasteiger partial charge < -0.3 is 0 Å². The van der Waals surface area contributed by atoms with Crippen LogP contribution in [0.25, 0.3) is 0 Å². The molecule has 2 aromatic rings. The van der Waals surface area contributed by atoms with Gasteiger partial charge in [-0.25, -0.2) is 13.8 Å². The summed E-state index contributed by atoms with van der Waals surface area (Å²) in [7, 11) is 0. The lowest BCUT2D eigenvalue weighted by atomic mass is 9.70. The van der Waals surface area contributed by atoms with Crippen molar-refractivity contribution >= 4 is 17.5 Å². The van der Waals surface area contributed by atoms with Gasteiger partial charge in [-0.15, -0.1) is 5.10 Å². The van der Waals surface area contributed by atoms with E-state index in [-0.39, 0.29) is 22.1 Å². The Bertz CT molecular complexity index is 918. The number of hydrogen-bond donors (Lipinski definition) is 0. The summed E-state index contributed by atoms with van der Waals surface area (Å²) in [5, 5.41) is 8.98. The Morgan fingerprint density at radius 2 is 2.04 bits per heavy atom. The molecule has 1 aromatic carbocycles. The second kappa shape index (κ2) is 5.81. The van der Waals surface area contributed by atoms with Crippen molar-refractivity contribution in [2.24, 2.45) is 5.41 Å². The van der Waals surface area contributed by atoms with E-state index in [9.17, 15) is 13.6 Å². The van der Waals surface area contributed by atoms with Crippen LogP contribution >= 0.6 is 11.8 Å². The lowest BCUT2D eigenvalue weighted by Crippen LogP contribution is -2.32. The highest BCUT2D eigenvalue weighted by Gasteiger charge is 2.61. The van der Waals surface area contributed by atoms with E-state index in [1.165, 1.54) is 0 Å². The van der Waals surface area contributed by atoms with Crippen molar-refractivity contribution in [3.63, 3.8) is 0 Å². The fourth-order valence-electron chi connectivity index (χ4n) is 4.35. The molecule has 1 aromatic heterocycles. The molecule has 0 spiro atoms. The first-order chi connectivity index (χ1) is 12.2. The van der Waals surface area contributed by atoms with E-state index in [4.69, 9.17) is 0 Å². The Kier molecular flexibility index (Phi) is 3.91. The minimum Gasteiger partial charge on any atom is -0.293 e. The summed E-state index contributed by atoms with van der Waals surface area (Å²) in [5.74, 6) is -1.63. The molecule has 2 bridgehead atoms. The van der Waals surface area contributed by atoms with Crippen LogP contribution in [0.2, 0.25) is 0 Å². The van der Waals surface area contributed by atoms with Crippen molar-refractivity contribution in [2.75, 3.05) is 5.75 Å². The molecule has 0 saturated heterocycles. The molecule has 2 atom stereocenters. The van der Waals surface area contributed by atoms with E-state index in [1.54, 1.807) is 0 Å². The SMILES string of the molecule is CC1(C)[C@@H]2CC[C@]1(C)c1nc(SCC(=O)c3ccc(F)cc3F)nnc12. The molecule has 1 fully saturated rings. The first kappa shape index (κ1) is 17.5. The predicted molar refractivity (Wildman–Crippen MR) is 94.3 cm³/mol. The molecule has 26 heavy (non-hydrogen) atoms. The molecular weight excluding hydrogens is 356 g/mol. The van der Waals surface area contributed by atoms with E-state index < -0.39 is 17.4 Å². The Hall–Kier alpha value is -1.89. The molecule has 2 aliphatic rings. The summed E-state index contributed by atoms with van der Waals surface area (Å²) in [6.45, 7) is 6.73. The number of Topliss-reactive ketones (excluding diaryl/α,β-unsaturated/α-hetero) is 1. The highest BCUT2D eigenvalue weighted by molar-refractivity contribution is 7.99. The van der Waals surface area contributed by atoms with Gasteiger partial charge in [0.2, 0.25) is 5.16 Å². The zero-order valence-electron chi connectivity index (χ0n) is 14.8. The van der Waals surface area contributed by atoms with E-state index in [1.807, 2.05) is 0 Å². The van der Waals surface area contributed by atoms with Crippen LogP contribution in [0.1, 0.15) is 61.3 Å². The summed E-state index contributed by atoms with van der Waals surface area (Å²) in [4.78, 5) is 16.9. The number of fused-ring (bicyclic) bond motifs is 5. The number of aromatic nitrogens is 3. The molecule has 1 saturated carbocycles. The molecule has 0 radical (unpaired) electrons. The summed E-state index contributed by atoms with van der Waals surface area (Å²) >= 11 is 1.13. The zero-order valence-corrected chi connectivity index (χ0v) is 15.7. The van der Waals surface area contributed by atoms with Crippen LogP contribution in [0, 0.1) is 17.0 Å². The lowest BCUT2D eigenvalue weighted by Gasteiger charge is -2.33. The van der Waals surface area contributed by atoms with E-state index in [0.29, 0.717) is 17.1 Å². The first-order valence-corrected chi connectivity index (χ1v) is 9.59. The number of benzene rings is 1. The monoisotopic (exact) mass is 375 g/mol. The van der Waals surface area contributed by atoms with Crippen LogP contribution in [-0.4, -0.2) is 26.7 Å². The third-order valence-corrected chi connectivity index (χ3v) is 7.17. The number of nitrogens with zero attached hydrogens (tertiary/aromatic N) is 3. The molecule has 2 aliphatic carbocycles. The molecule has 0 unspecified atom stereocenters. The molecule has 7 heteroatoms. The normalized spacial score (nSPS) is 25.3. The molecule has 0 N–H and O–H groups in total. The van der Waals surface area contributed by atoms with E-state index in [2.05, 4.69) is 36.0 Å². The van der Waals surface area contributed by atoms with Crippen molar-refractivity contribution in [1.82, 2.24) is 15.2 Å². The van der Waals surface area contributed by atoms with Crippen molar-refractivity contribution in [2.45, 2.75) is 50.1 Å². The first-order valence-electron chi connectivity index (χ1n) is 8.60. The quantitative estimate of drug-likeness (QED) is 0.589. The van der Waals surface area contributed by atoms with Crippen LogP contribution < -0.4 is 0 Å². The summed E-state index contributed by atoms with van der Waals surface area (Å²) in [6, 6.07) is 2.96. The molecule has 136 valence electrons. The maximum Gasteiger partial charge on any atom is 0.209 e. The van der Waals surface area contributed by atoms with Gasteiger partial charge in [0.1, 0.15) is 11.6 Å². The molecule has 4 rings (SSSR count). The van der Waals surface area contributed by atoms with Gasteiger partial charge in [0.15, 0.2) is 5.78 Å². The van der Waals surface area contributed by atoms with Gasteiger partial charge in [-0.3, -0.25) is 4.79 Å². The Morgan fingerprint density at radius 3 is 2.77 bits per heavy atom. The van der Waals surface area contributed by atoms with Crippen LogP contribution in [0.5, 0.6) is 0 Å². The highest BCUT2D eigenvalue weighted by atomic mass is 32.2. The van der Waals surface area contributed by atoms with Gasteiger partial charge in [0.25, 0.3) is 0 Å². The van der Waals surface area contributed by atoms with Crippen LogP contribution in [-0.2, 0) is 5.41 Å². The molecule has 4 nitrogen and oxygen atoms in total. The fraction of sp³-hybridized carbons (Fsp3) is 0.474. The van der Waals surface area contributed by atoms with Gasteiger partial charge >= 0.3 is 0 Å². The van der Waals surface area contributed by atoms with Crippen LogP contribution in [0.15, 0.2) is 23.4 Å². The number of ketones is 1. The number of carbonyl (C=O) groups is 1. The average molecular weight is 375 g/mol. The van der Waals surface area contributed by atoms with Gasteiger partial charge in [0.05, 0.1) is 22.7 Å². The third kappa shape index (κ3) is 2.40. The van der Waals surface area contributed by atoms with Gasteiger partial charge in [-0.05, 0) is 30.4 Å². The van der Waals surface area contributed by atoms with Crippen LogP contribution in [0.3, 0.4) is 0 Å². The number of hydrogen-bond acceptors (Lipinski definition) is 5.